The van der Waals surface area contributed by atoms with Gasteiger partial charge in [0.15, 0.2) is 12.2 Å². The van der Waals surface area contributed by atoms with Gasteiger partial charge in [-0.25, -0.2) is 9.78 Å². The van der Waals surface area contributed by atoms with Crippen LogP contribution in [0, 0.1) is 23.7 Å². The fourth-order valence-electron chi connectivity index (χ4n) is 2.69. The van der Waals surface area contributed by atoms with Gasteiger partial charge >= 0.3 is 0 Å². The van der Waals surface area contributed by atoms with Crippen molar-refractivity contribution in [1.29, 1.82) is 0 Å². The average molecular weight is 403 g/mol. The molecule has 0 amide bonds. The van der Waals surface area contributed by atoms with Crippen LogP contribution < -0.4 is 0 Å². The highest BCUT2D eigenvalue weighted by atomic mass is 17.2. The van der Waals surface area contributed by atoms with E-state index in [1.165, 1.54) is 11.1 Å². The lowest BCUT2D eigenvalue weighted by molar-refractivity contribution is -0.321. The lowest BCUT2D eigenvalue weighted by atomic mass is 9.87. The zero-order valence-electron chi connectivity index (χ0n) is 19.6. The molecule has 2 aromatic carbocycles. The maximum Gasteiger partial charge on any atom is 0.151 e. The summed E-state index contributed by atoms with van der Waals surface area (Å²) in [5, 5.41) is 0. The summed E-state index contributed by atoms with van der Waals surface area (Å²) in [6.07, 6.45) is -0.690. The molecule has 30 heavy (non-hydrogen) atoms. The molecule has 158 valence electrons. The van der Waals surface area contributed by atoms with Crippen LogP contribution in [0.1, 0.15) is 77.6 Å². The molecule has 2 atom stereocenters. The van der Waals surface area contributed by atoms with Gasteiger partial charge in [-0.3, -0.25) is 0 Å². The molecule has 2 nitrogen and oxygen atoms in total. The third kappa shape index (κ3) is 7.72. The summed E-state index contributed by atoms with van der Waals surface area (Å²) >= 11 is 0. The van der Waals surface area contributed by atoms with Gasteiger partial charge in [0.05, 0.1) is 0 Å². The number of hydrogen-bond donors (Lipinski definition) is 0. The fraction of sp³-hybridized carbons (Fsp3) is 0.429. The normalized spacial score (nSPS) is 13.5. The Hall–Kier alpha value is -2.52. The summed E-state index contributed by atoms with van der Waals surface area (Å²) < 4.78 is 0. The molecule has 0 aromatic heterocycles. The Kier molecular flexibility index (Phi) is 7.91. The molecular formula is C28H34O2. The molecular weight excluding hydrogens is 368 g/mol. The van der Waals surface area contributed by atoms with Crippen LogP contribution in [0.4, 0.5) is 0 Å². The summed E-state index contributed by atoms with van der Waals surface area (Å²) in [5.74, 6) is 12.4. The predicted octanol–water partition coefficient (Wildman–Crippen LogP) is 6.41. The zero-order valence-corrected chi connectivity index (χ0v) is 19.6. The predicted molar refractivity (Wildman–Crippen MR) is 125 cm³/mol. The third-order valence-electron chi connectivity index (χ3n) is 4.69. The Balaban J connectivity index is 1.86. The first-order valence-electron chi connectivity index (χ1n) is 10.5. The first-order valence-corrected chi connectivity index (χ1v) is 10.5. The molecule has 0 spiro atoms. The molecule has 0 heterocycles. The molecule has 0 saturated heterocycles. The maximum absolute atomic E-state index is 5.38. The van der Waals surface area contributed by atoms with Crippen molar-refractivity contribution in [2.45, 2.75) is 78.4 Å². The molecule has 2 heteroatoms. The Bertz CT molecular complexity index is 850. The standard InChI is InChI=1S/C28H34O2/c1-21(9-11-23-13-17-25(18-14-23)27(3,4)5)29-30-22(2)10-12-24-15-19-26(20-16-24)28(6,7)8/h13-22H,1-8H3. The maximum atomic E-state index is 5.38. The summed E-state index contributed by atoms with van der Waals surface area (Å²) in [6.45, 7) is 16.9. The second-order valence-corrected chi connectivity index (χ2v) is 9.67. The molecule has 0 aliphatic rings. The van der Waals surface area contributed by atoms with E-state index in [-0.39, 0.29) is 23.0 Å². The average Bonchev–Trinajstić information content (AvgIpc) is 2.68. The third-order valence-corrected chi connectivity index (χ3v) is 4.69. The van der Waals surface area contributed by atoms with Crippen LogP contribution in [0.3, 0.4) is 0 Å². The Morgan fingerprint density at radius 3 is 1.13 bits per heavy atom. The van der Waals surface area contributed by atoms with Gasteiger partial charge in [-0.05, 0) is 60.1 Å². The minimum atomic E-state index is -0.345. The second kappa shape index (κ2) is 9.99. The van der Waals surface area contributed by atoms with Crippen LogP contribution in [0.5, 0.6) is 0 Å². The summed E-state index contributed by atoms with van der Waals surface area (Å²) in [5.41, 5.74) is 4.79. The minimum absolute atomic E-state index is 0.141. The van der Waals surface area contributed by atoms with Crippen LogP contribution in [0.15, 0.2) is 48.5 Å². The Morgan fingerprint density at radius 1 is 0.567 bits per heavy atom. The molecule has 0 N–H and O–H groups in total. The quantitative estimate of drug-likeness (QED) is 0.335. The molecule has 0 bridgehead atoms. The topological polar surface area (TPSA) is 18.5 Å². The Labute approximate surface area is 182 Å². The smallest absolute Gasteiger partial charge is 0.151 e. The van der Waals surface area contributed by atoms with Gasteiger partial charge in [0, 0.05) is 11.1 Å². The van der Waals surface area contributed by atoms with E-state index in [4.69, 9.17) is 9.78 Å². The van der Waals surface area contributed by atoms with Crippen LogP contribution >= 0.6 is 0 Å². The molecule has 2 unspecified atom stereocenters. The number of hydrogen-bond acceptors (Lipinski definition) is 2. The van der Waals surface area contributed by atoms with Gasteiger partial charge in [0.1, 0.15) is 0 Å². The van der Waals surface area contributed by atoms with Crippen molar-refractivity contribution in [2.75, 3.05) is 0 Å². The SMILES string of the molecule is CC(C#Cc1ccc(C(C)(C)C)cc1)OOC(C)C#Cc1ccc(C(C)(C)C)cc1. The van der Waals surface area contributed by atoms with Gasteiger partial charge < -0.3 is 0 Å². The van der Waals surface area contributed by atoms with E-state index in [2.05, 4.69) is 89.5 Å². The summed E-state index contributed by atoms with van der Waals surface area (Å²) in [4.78, 5) is 10.8. The number of benzene rings is 2. The van der Waals surface area contributed by atoms with Crippen molar-refractivity contribution in [1.82, 2.24) is 0 Å². The highest BCUT2D eigenvalue weighted by Gasteiger charge is 2.13. The van der Waals surface area contributed by atoms with Gasteiger partial charge in [-0.1, -0.05) is 89.5 Å². The van der Waals surface area contributed by atoms with Crippen LogP contribution in [-0.4, -0.2) is 12.2 Å². The van der Waals surface area contributed by atoms with Crippen LogP contribution in [-0.2, 0) is 20.6 Å². The monoisotopic (exact) mass is 402 g/mol. The molecule has 0 fully saturated rings. The largest absolute Gasteiger partial charge is 0.219 e. The molecule has 0 radical (unpaired) electrons. The van der Waals surface area contributed by atoms with E-state index >= 15 is 0 Å². The van der Waals surface area contributed by atoms with Gasteiger partial charge in [0.2, 0.25) is 0 Å². The molecule has 0 aliphatic heterocycles. The highest BCUT2D eigenvalue weighted by Crippen LogP contribution is 2.22. The van der Waals surface area contributed by atoms with Gasteiger partial charge in [-0.2, -0.15) is 0 Å². The van der Waals surface area contributed by atoms with Crippen LogP contribution in [0.2, 0.25) is 0 Å². The molecule has 2 rings (SSSR count). The van der Waals surface area contributed by atoms with E-state index < -0.39 is 0 Å². The van der Waals surface area contributed by atoms with Crippen molar-refractivity contribution in [3.8, 4) is 23.7 Å². The number of rotatable bonds is 3. The molecule has 2 aromatic rings. The van der Waals surface area contributed by atoms with Crippen molar-refractivity contribution in [3.63, 3.8) is 0 Å². The molecule has 0 aliphatic carbocycles. The van der Waals surface area contributed by atoms with Gasteiger partial charge in [-0.15, -0.1) is 0 Å². The van der Waals surface area contributed by atoms with Crippen molar-refractivity contribution < 1.29 is 9.78 Å². The lowest BCUT2D eigenvalue weighted by Gasteiger charge is -2.18. The summed E-state index contributed by atoms with van der Waals surface area (Å²) in [7, 11) is 0. The highest BCUT2D eigenvalue weighted by molar-refractivity contribution is 5.39. The lowest BCUT2D eigenvalue weighted by Crippen LogP contribution is -2.12. The zero-order chi connectivity index (χ0) is 22.4. The van der Waals surface area contributed by atoms with Gasteiger partial charge in [0.25, 0.3) is 0 Å². The summed E-state index contributed by atoms with van der Waals surface area (Å²) in [6, 6.07) is 16.7. The van der Waals surface area contributed by atoms with Crippen molar-refractivity contribution >= 4 is 0 Å². The Morgan fingerprint density at radius 2 is 0.867 bits per heavy atom. The van der Waals surface area contributed by atoms with Crippen molar-refractivity contribution in [3.05, 3.63) is 70.8 Å². The van der Waals surface area contributed by atoms with E-state index in [1.54, 1.807) is 0 Å². The van der Waals surface area contributed by atoms with E-state index in [0.29, 0.717) is 0 Å². The first-order chi connectivity index (χ1) is 13.9. The van der Waals surface area contributed by atoms with E-state index in [1.807, 2.05) is 38.1 Å². The second-order valence-electron chi connectivity index (χ2n) is 9.67. The van der Waals surface area contributed by atoms with Crippen molar-refractivity contribution in [2.24, 2.45) is 0 Å². The van der Waals surface area contributed by atoms with E-state index in [9.17, 15) is 0 Å². The molecule has 0 saturated carbocycles. The first kappa shape index (κ1) is 23.8. The minimum Gasteiger partial charge on any atom is -0.219 e. The van der Waals surface area contributed by atoms with E-state index in [0.717, 1.165) is 11.1 Å². The van der Waals surface area contributed by atoms with Crippen LogP contribution in [0.25, 0.3) is 0 Å². The fourth-order valence-corrected chi connectivity index (χ4v) is 2.69.